The molecule has 1 aliphatic rings. The fourth-order valence-corrected chi connectivity index (χ4v) is 2.76. The van der Waals surface area contributed by atoms with E-state index in [9.17, 15) is 0 Å². The minimum absolute atomic E-state index is 0.629. The average molecular weight is 250 g/mol. The van der Waals surface area contributed by atoms with Crippen LogP contribution in [0, 0.1) is 5.92 Å². The molecule has 0 aliphatic carbocycles. The van der Waals surface area contributed by atoms with E-state index < -0.39 is 0 Å². The molecule has 2 rings (SSSR count). The second-order valence-corrected chi connectivity index (χ2v) is 5.52. The molecule has 0 bridgehead atoms. The fraction of sp³-hybridized carbons (Fsp3) is 0.733. The molecule has 3 nitrogen and oxygen atoms in total. The summed E-state index contributed by atoms with van der Waals surface area (Å²) in [7, 11) is 0. The highest BCUT2D eigenvalue weighted by atomic mass is 16.3. The van der Waals surface area contributed by atoms with Crippen LogP contribution in [0.2, 0.25) is 0 Å². The quantitative estimate of drug-likeness (QED) is 0.871. The van der Waals surface area contributed by atoms with Crippen molar-refractivity contribution >= 4 is 0 Å². The predicted octanol–water partition coefficient (Wildman–Crippen LogP) is 2.88. The smallest absolute Gasteiger partial charge is 0.0947 e. The molecule has 3 unspecified atom stereocenters. The molecule has 3 heteroatoms. The first-order valence-electron chi connectivity index (χ1n) is 7.23. The van der Waals surface area contributed by atoms with Crippen molar-refractivity contribution in [3.05, 3.63) is 24.2 Å². The zero-order chi connectivity index (χ0) is 13.0. The Hall–Kier alpha value is -0.800. The van der Waals surface area contributed by atoms with Crippen molar-refractivity contribution in [2.24, 2.45) is 5.92 Å². The molecular weight excluding hydrogens is 224 g/mol. The molecule has 102 valence electrons. The molecule has 0 saturated carbocycles. The summed E-state index contributed by atoms with van der Waals surface area (Å²) in [5.74, 6) is 0.745. The number of rotatable bonds is 5. The van der Waals surface area contributed by atoms with Gasteiger partial charge in [-0.15, -0.1) is 0 Å². The van der Waals surface area contributed by atoms with Gasteiger partial charge in [0.25, 0.3) is 0 Å². The number of nitrogens with zero attached hydrogens (tertiary/aromatic N) is 1. The lowest BCUT2D eigenvalue weighted by atomic mass is 9.94. The first kappa shape index (κ1) is 13.6. The molecular formula is C15H26N2O. The van der Waals surface area contributed by atoms with E-state index in [1.807, 2.05) is 6.26 Å². The summed E-state index contributed by atoms with van der Waals surface area (Å²) >= 11 is 0. The van der Waals surface area contributed by atoms with E-state index in [1.165, 1.54) is 18.4 Å². The first-order chi connectivity index (χ1) is 8.74. The standard InChI is InChI=1S/C15H26N2O/c1-4-12(3)15-10-17(14(5-2)8-16-15)9-13-6-7-18-11-13/h6-7,11-12,14-16H,4-5,8-10H2,1-3H3. The molecule has 2 heterocycles. The molecule has 1 saturated heterocycles. The molecule has 0 aromatic carbocycles. The van der Waals surface area contributed by atoms with Crippen LogP contribution in [-0.2, 0) is 6.54 Å². The topological polar surface area (TPSA) is 28.4 Å². The van der Waals surface area contributed by atoms with Crippen molar-refractivity contribution in [1.82, 2.24) is 10.2 Å². The van der Waals surface area contributed by atoms with Gasteiger partial charge in [-0.1, -0.05) is 27.2 Å². The van der Waals surface area contributed by atoms with Crippen LogP contribution in [0.15, 0.2) is 23.0 Å². The monoisotopic (exact) mass is 250 g/mol. The minimum Gasteiger partial charge on any atom is -0.472 e. The van der Waals surface area contributed by atoms with Gasteiger partial charge in [0, 0.05) is 37.3 Å². The number of nitrogens with one attached hydrogen (secondary N) is 1. The lowest BCUT2D eigenvalue weighted by Crippen LogP contribution is -2.57. The number of hydrogen-bond acceptors (Lipinski definition) is 3. The summed E-state index contributed by atoms with van der Waals surface area (Å²) in [6, 6.07) is 3.36. The van der Waals surface area contributed by atoms with Crippen molar-refractivity contribution in [1.29, 1.82) is 0 Å². The summed E-state index contributed by atoms with van der Waals surface area (Å²) in [5.41, 5.74) is 1.29. The van der Waals surface area contributed by atoms with Crippen molar-refractivity contribution < 1.29 is 4.42 Å². The largest absolute Gasteiger partial charge is 0.472 e. The van der Waals surface area contributed by atoms with Crippen LogP contribution in [0.5, 0.6) is 0 Å². The SMILES string of the molecule is CCC(C)C1CN(Cc2ccoc2)C(CC)CN1. The van der Waals surface area contributed by atoms with Crippen LogP contribution in [0.3, 0.4) is 0 Å². The summed E-state index contributed by atoms with van der Waals surface area (Å²) in [6.45, 7) is 10.2. The maximum absolute atomic E-state index is 5.18. The molecule has 1 aromatic rings. The van der Waals surface area contributed by atoms with E-state index in [-0.39, 0.29) is 0 Å². The highest BCUT2D eigenvalue weighted by Gasteiger charge is 2.29. The second-order valence-electron chi connectivity index (χ2n) is 5.52. The van der Waals surface area contributed by atoms with Crippen LogP contribution in [0.1, 0.15) is 39.2 Å². The summed E-state index contributed by atoms with van der Waals surface area (Å²) in [6.07, 6.45) is 6.09. The summed E-state index contributed by atoms with van der Waals surface area (Å²) in [5, 5.41) is 3.72. The van der Waals surface area contributed by atoms with Crippen LogP contribution >= 0.6 is 0 Å². The maximum Gasteiger partial charge on any atom is 0.0947 e. The van der Waals surface area contributed by atoms with Gasteiger partial charge < -0.3 is 9.73 Å². The van der Waals surface area contributed by atoms with Gasteiger partial charge >= 0.3 is 0 Å². The third kappa shape index (κ3) is 3.15. The number of hydrogen-bond donors (Lipinski definition) is 1. The van der Waals surface area contributed by atoms with Crippen LogP contribution < -0.4 is 5.32 Å². The van der Waals surface area contributed by atoms with Gasteiger partial charge in [0.15, 0.2) is 0 Å². The summed E-state index contributed by atoms with van der Waals surface area (Å²) in [4.78, 5) is 2.61. The van der Waals surface area contributed by atoms with Crippen molar-refractivity contribution in [3.63, 3.8) is 0 Å². The van der Waals surface area contributed by atoms with Gasteiger partial charge in [-0.3, -0.25) is 4.90 Å². The Morgan fingerprint density at radius 3 is 2.94 bits per heavy atom. The normalized spacial score (nSPS) is 27.3. The van der Waals surface area contributed by atoms with E-state index in [0.29, 0.717) is 12.1 Å². The zero-order valence-corrected chi connectivity index (χ0v) is 11.9. The lowest BCUT2D eigenvalue weighted by molar-refractivity contribution is 0.0991. The number of piperazine rings is 1. The predicted molar refractivity (Wildman–Crippen MR) is 74.4 cm³/mol. The van der Waals surface area contributed by atoms with Gasteiger partial charge in [-0.05, 0) is 18.4 Å². The van der Waals surface area contributed by atoms with Crippen molar-refractivity contribution in [3.8, 4) is 0 Å². The highest BCUT2D eigenvalue weighted by Crippen LogP contribution is 2.19. The summed E-state index contributed by atoms with van der Waals surface area (Å²) < 4.78 is 5.18. The Balaban J connectivity index is 1.99. The van der Waals surface area contributed by atoms with E-state index in [4.69, 9.17) is 4.42 Å². The van der Waals surface area contributed by atoms with Crippen LogP contribution in [0.4, 0.5) is 0 Å². The van der Waals surface area contributed by atoms with E-state index >= 15 is 0 Å². The molecule has 1 N–H and O–H groups in total. The average Bonchev–Trinajstić information content (AvgIpc) is 2.90. The second kappa shape index (κ2) is 6.39. The molecule has 0 radical (unpaired) electrons. The van der Waals surface area contributed by atoms with E-state index in [1.54, 1.807) is 6.26 Å². The maximum atomic E-state index is 5.18. The van der Waals surface area contributed by atoms with Crippen molar-refractivity contribution in [2.45, 2.75) is 52.2 Å². The van der Waals surface area contributed by atoms with Gasteiger partial charge in [0.1, 0.15) is 0 Å². The van der Waals surface area contributed by atoms with Gasteiger partial charge in [0.2, 0.25) is 0 Å². The zero-order valence-electron chi connectivity index (χ0n) is 11.9. The minimum atomic E-state index is 0.629. The molecule has 1 aromatic heterocycles. The first-order valence-corrected chi connectivity index (χ1v) is 7.23. The third-order valence-electron chi connectivity index (χ3n) is 4.33. The molecule has 1 fully saturated rings. The molecule has 3 atom stereocenters. The Bertz CT molecular complexity index is 336. The lowest BCUT2D eigenvalue weighted by Gasteiger charge is -2.42. The van der Waals surface area contributed by atoms with Crippen LogP contribution in [0.25, 0.3) is 0 Å². The molecule has 0 amide bonds. The highest BCUT2D eigenvalue weighted by molar-refractivity contribution is 5.06. The Morgan fingerprint density at radius 1 is 1.50 bits per heavy atom. The molecule has 0 spiro atoms. The Kier molecular flexibility index (Phi) is 4.84. The van der Waals surface area contributed by atoms with E-state index in [0.717, 1.165) is 25.6 Å². The van der Waals surface area contributed by atoms with Crippen LogP contribution in [-0.4, -0.2) is 30.1 Å². The van der Waals surface area contributed by atoms with Gasteiger partial charge in [-0.25, -0.2) is 0 Å². The molecule has 18 heavy (non-hydrogen) atoms. The Morgan fingerprint density at radius 2 is 2.33 bits per heavy atom. The van der Waals surface area contributed by atoms with E-state index in [2.05, 4.69) is 37.1 Å². The number of furan rings is 1. The molecule has 1 aliphatic heterocycles. The van der Waals surface area contributed by atoms with Gasteiger partial charge in [-0.2, -0.15) is 0 Å². The fourth-order valence-electron chi connectivity index (χ4n) is 2.76. The third-order valence-corrected chi connectivity index (χ3v) is 4.33. The van der Waals surface area contributed by atoms with Gasteiger partial charge in [0.05, 0.1) is 12.5 Å². The Labute approximate surface area is 111 Å². The van der Waals surface area contributed by atoms with Crippen molar-refractivity contribution in [2.75, 3.05) is 13.1 Å².